The molecule has 1 atom stereocenters. The van der Waals surface area contributed by atoms with E-state index < -0.39 is 0 Å². The summed E-state index contributed by atoms with van der Waals surface area (Å²) in [4.78, 5) is 11.1. The van der Waals surface area contributed by atoms with Crippen LogP contribution in [0.5, 0.6) is 0 Å². The highest BCUT2D eigenvalue weighted by Crippen LogP contribution is 2.16. The molecular weight excluding hydrogens is 224 g/mol. The van der Waals surface area contributed by atoms with Crippen LogP contribution in [-0.2, 0) is 0 Å². The van der Waals surface area contributed by atoms with E-state index in [4.69, 9.17) is 0 Å². The molecule has 4 nitrogen and oxygen atoms in total. The van der Waals surface area contributed by atoms with Crippen molar-refractivity contribution in [3.63, 3.8) is 0 Å². The summed E-state index contributed by atoms with van der Waals surface area (Å²) in [5.41, 5.74) is 1.20. The summed E-state index contributed by atoms with van der Waals surface area (Å²) in [5, 5.41) is 3.45. The minimum Gasteiger partial charge on any atom is -0.344 e. The Balaban J connectivity index is 1.93. The molecule has 1 unspecified atom stereocenters. The molecule has 0 saturated carbocycles. The molecule has 0 radical (unpaired) electrons. The number of anilines is 1. The number of hydrogen-bond acceptors (Lipinski definition) is 4. The fourth-order valence-electron chi connectivity index (χ4n) is 2.38. The van der Waals surface area contributed by atoms with E-state index in [0.717, 1.165) is 25.0 Å². The Labute approximate surface area is 110 Å². The first-order valence-corrected chi connectivity index (χ1v) is 6.90. The number of nitrogens with one attached hydrogen (secondary N) is 1. The van der Waals surface area contributed by atoms with Crippen LogP contribution in [-0.4, -0.2) is 36.6 Å². The van der Waals surface area contributed by atoms with E-state index >= 15 is 0 Å². The Morgan fingerprint density at radius 3 is 2.67 bits per heavy atom. The van der Waals surface area contributed by atoms with Crippen LogP contribution in [0, 0.1) is 5.92 Å². The van der Waals surface area contributed by atoms with E-state index in [2.05, 4.69) is 41.1 Å². The first kappa shape index (κ1) is 13.3. The van der Waals surface area contributed by atoms with Crippen molar-refractivity contribution in [2.75, 3.05) is 31.6 Å². The Morgan fingerprint density at radius 1 is 1.39 bits per heavy atom. The van der Waals surface area contributed by atoms with Gasteiger partial charge in [0.05, 0.1) is 0 Å². The topological polar surface area (TPSA) is 41.1 Å². The van der Waals surface area contributed by atoms with Gasteiger partial charge in [0.25, 0.3) is 0 Å². The molecule has 1 fully saturated rings. The lowest BCUT2D eigenvalue weighted by molar-refractivity contribution is 0.380. The quantitative estimate of drug-likeness (QED) is 0.885. The Hall–Kier alpha value is -1.16. The third-order valence-electron chi connectivity index (χ3n) is 3.60. The highest BCUT2D eigenvalue weighted by atomic mass is 15.2. The second-order valence-electron chi connectivity index (χ2n) is 5.56. The lowest BCUT2D eigenvalue weighted by Gasteiger charge is -2.27. The number of piperidine rings is 1. The van der Waals surface area contributed by atoms with Gasteiger partial charge in [0.15, 0.2) is 0 Å². The Morgan fingerprint density at radius 2 is 2.11 bits per heavy atom. The Bertz CT molecular complexity index is 355. The van der Waals surface area contributed by atoms with E-state index in [0.29, 0.717) is 5.92 Å². The Kier molecular flexibility index (Phi) is 4.53. The van der Waals surface area contributed by atoms with Crippen molar-refractivity contribution in [1.29, 1.82) is 0 Å². The van der Waals surface area contributed by atoms with Gasteiger partial charge in [-0.05, 0) is 43.3 Å². The SMILES string of the molecule is CC(C)c1cnc(N(C)CC2CCCNC2)nc1. The predicted molar refractivity (Wildman–Crippen MR) is 75.0 cm³/mol. The van der Waals surface area contributed by atoms with Gasteiger partial charge >= 0.3 is 0 Å². The number of nitrogens with zero attached hydrogens (tertiary/aromatic N) is 3. The van der Waals surface area contributed by atoms with E-state index in [1.165, 1.54) is 24.9 Å². The summed E-state index contributed by atoms with van der Waals surface area (Å²) < 4.78 is 0. The normalized spacial score (nSPS) is 20.1. The number of hydrogen-bond donors (Lipinski definition) is 1. The molecule has 1 N–H and O–H groups in total. The highest BCUT2D eigenvalue weighted by Gasteiger charge is 2.16. The molecule has 0 aliphatic carbocycles. The van der Waals surface area contributed by atoms with Gasteiger partial charge in [0.1, 0.15) is 0 Å². The lowest BCUT2D eigenvalue weighted by Crippen LogP contribution is -2.37. The summed E-state index contributed by atoms with van der Waals surface area (Å²) in [5.74, 6) is 2.05. The van der Waals surface area contributed by atoms with E-state index in [9.17, 15) is 0 Å². The summed E-state index contributed by atoms with van der Waals surface area (Å²) in [6, 6.07) is 0. The zero-order valence-corrected chi connectivity index (χ0v) is 11.7. The van der Waals surface area contributed by atoms with Crippen molar-refractivity contribution in [3.8, 4) is 0 Å². The predicted octanol–water partition coefficient (Wildman–Crippen LogP) is 2.04. The maximum atomic E-state index is 4.46. The van der Waals surface area contributed by atoms with Gasteiger partial charge in [-0.3, -0.25) is 0 Å². The summed E-state index contributed by atoms with van der Waals surface area (Å²) in [6.07, 6.45) is 6.48. The first-order valence-electron chi connectivity index (χ1n) is 6.90. The zero-order valence-electron chi connectivity index (χ0n) is 11.7. The molecule has 100 valence electrons. The van der Waals surface area contributed by atoms with Crippen molar-refractivity contribution in [2.45, 2.75) is 32.6 Å². The van der Waals surface area contributed by atoms with Gasteiger partial charge in [-0.15, -0.1) is 0 Å². The molecule has 1 aromatic rings. The van der Waals surface area contributed by atoms with E-state index in [1.54, 1.807) is 0 Å². The van der Waals surface area contributed by atoms with E-state index in [1.807, 2.05) is 12.4 Å². The highest BCUT2D eigenvalue weighted by molar-refractivity contribution is 5.29. The largest absolute Gasteiger partial charge is 0.344 e. The molecular formula is C14H24N4. The van der Waals surface area contributed by atoms with Crippen molar-refractivity contribution in [3.05, 3.63) is 18.0 Å². The van der Waals surface area contributed by atoms with Crippen molar-refractivity contribution < 1.29 is 0 Å². The monoisotopic (exact) mass is 248 g/mol. The van der Waals surface area contributed by atoms with Crippen LogP contribution in [0.1, 0.15) is 38.2 Å². The molecule has 1 saturated heterocycles. The number of aromatic nitrogens is 2. The first-order chi connectivity index (χ1) is 8.66. The maximum Gasteiger partial charge on any atom is 0.225 e. The fraction of sp³-hybridized carbons (Fsp3) is 0.714. The van der Waals surface area contributed by atoms with Gasteiger partial charge < -0.3 is 10.2 Å². The summed E-state index contributed by atoms with van der Waals surface area (Å²) >= 11 is 0. The van der Waals surface area contributed by atoms with Gasteiger partial charge in [0, 0.05) is 26.0 Å². The maximum absolute atomic E-state index is 4.46. The summed E-state index contributed by atoms with van der Waals surface area (Å²) in [6.45, 7) is 7.65. The van der Waals surface area contributed by atoms with Crippen LogP contribution in [0.25, 0.3) is 0 Å². The van der Waals surface area contributed by atoms with Crippen LogP contribution in [0.2, 0.25) is 0 Å². The second-order valence-corrected chi connectivity index (χ2v) is 5.56. The standard InChI is InChI=1S/C14H24N4/c1-11(2)13-8-16-14(17-9-13)18(3)10-12-5-4-6-15-7-12/h8-9,11-12,15H,4-7,10H2,1-3H3. The van der Waals surface area contributed by atoms with Gasteiger partial charge in [0.2, 0.25) is 5.95 Å². The molecule has 2 rings (SSSR count). The third-order valence-corrected chi connectivity index (χ3v) is 3.60. The lowest BCUT2D eigenvalue weighted by atomic mass is 9.99. The summed E-state index contributed by atoms with van der Waals surface area (Å²) in [7, 11) is 2.08. The average Bonchev–Trinajstić information content (AvgIpc) is 2.40. The van der Waals surface area contributed by atoms with Crippen LogP contribution in [0.3, 0.4) is 0 Å². The molecule has 1 aliphatic heterocycles. The molecule has 0 spiro atoms. The smallest absolute Gasteiger partial charge is 0.225 e. The third kappa shape index (κ3) is 3.42. The molecule has 0 amide bonds. The molecule has 1 aliphatic rings. The number of rotatable bonds is 4. The van der Waals surface area contributed by atoms with Gasteiger partial charge in [-0.2, -0.15) is 0 Å². The molecule has 0 bridgehead atoms. The molecule has 18 heavy (non-hydrogen) atoms. The van der Waals surface area contributed by atoms with Crippen molar-refractivity contribution in [2.24, 2.45) is 5.92 Å². The fourth-order valence-corrected chi connectivity index (χ4v) is 2.38. The van der Waals surface area contributed by atoms with E-state index in [-0.39, 0.29) is 0 Å². The molecule has 0 aromatic carbocycles. The van der Waals surface area contributed by atoms with Crippen molar-refractivity contribution in [1.82, 2.24) is 15.3 Å². The van der Waals surface area contributed by atoms with Gasteiger partial charge in [-0.1, -0.05) is 13.8 Å². The molecule has 1 aromatic heterocycles. The van der Waals surface area contributed by atoms with Crippen LogP contribution >= 0.6 is 0 Å². The van der Waals surface area contributed by atoms with Crippen LogP contribution < -0.4 is 10.2 Å². The second kappa shape index (κ2) is 6.14. The minimum atomic E-state index is 0.493. The molecule has 4 heteroatoms. The van der Waals surface area contributed by atoms with Gasteiger partial charge in [-0.25, -0.2) is 9.97 Å². The average molecular weight is 248 g/mol. The van der Waals surface area contributed by atoms with Crippen LogP contribution in [0.15, 0.2) is 12.4 Å². The molecule has 2 heterocycles. The minimum absolute atomic E-state index is 0.493. The van der Waals surface area contributed by atoms with Crippen molar-refractivity contribution >= 4 is 5.95 Å². The zero-order chi connectivity index (χ0) is 13.0. The van der Waals surface area contributed by atoms with Crippen LogP contribution in [0.4, 0.5) is 5.95 Å².